The van der Waals surface area contributed by atoms with Crippen molar-refractivity contribution in [2.75, 3.05) is 26.7 Å². The van der Waals surface area contributed by atoms with Crippen LogP contribution in [0.3, 0.4) is 0 Å². The van der Waals surface area contributed by atoms with Crippen molar-refractivity contribution in [2.45, 2.75) is 56.6 Å². The Balaban J connectivity index is 0.00000462. The fraction of sp³-hybridized carbons (Fsp3) is 0.429. The van der Waals surface area contributed by atoms with Crippen LogP contribution in [0.15, 0.2) is 53.1 Å². The van der Waals surface area contributed by atoms with Crippen molar-refractivity contribution >= 4 is 40.1 Å². The SMILES string of the molecule is CCOC(=O)[C@H]1CC(C)=CCN1C(=O)[C@H](Cc1ccnc(C(=N)N)c1)NS(=O)(=O)c1ccc2c(c1)CN(C)CC2.Cl. The number of fused-ring (bicyclic) bond motifs is 1. The molecule has 222 valence electrons. The first-order valence-corrected chi connectivity index (χ1v) is 14.7. The number of likely N-dealkylation sites (N-methyl/N-ethyl adjacent to an activating group) is 1. The minimum Gasteiger partial charge on any atom is -0.464 e. The third kappa shape index (κ3) is 7.70. The van der Waals surface area contributed by atoms with Crippen LogP contribution in [-0.4, -0.2) is 79.7 Å². The number of halogens is 1. The number of esters is 1. The van der Waals surface area contributed by atoms with Crippen LogP contribution in [0, 0.1) is 5.41 Å². The van der Waals surface area contributed by atoms with Crippen molar-refractivity contribution in [1.82, 2.24) is 19.5 Å². The first-order valence-electron chi connectivity index (χ1n) is 13.2. The molecule has 0 saturated heterocycles. The van der Waals surface area contributed by atoms with Crippen molar-refractivity contribution in [2.24, 2.45) is 5.73 Å². The number of rotatable bonds is 9. The van der Waals surface area contributed by atoms with E-state index < -0.39 is 34.0 Å². The van der Waals surface area contributed by atoms with Crippen LogP contribution in [0.5, 0.6) is 0 Å². The Labute approximate surface area is 247 Å². The van der Waals surface area contributed by atoms with Gasteiger partial charge < -0.3 is 20.3 Å². The molecule has 41 heavy (non-hydrogen) atoms. The van der Waals surface area contributed by atoms with Gasteiger partial charge in [-0.15, -0.1) is 12.4 Å². The lowest BCUT2D eigenvalue weighted by molar-refractivity contribution is -0.155. The Morgan fingerprint density at radius 1 is 1.24 bits per heavy atom. The predicted octanol–water partition coefficient (Wildman–Crippen LogP) is 1.78. The minimum atomic E-state index is -4.13. The second-order valence-corrected chi connectivity index (χ2v) is 12.0. The number of nitrogen functional groups attached to an aromatic ring is 1. The van der Waals surface area contributed by atoms with E-state index in [0.717, 1.165) is 29.7 Å². The summed E-state index contributed by atoms with van der Waals surface area (Å²) in [5, 5.41) is 7.71. The summed E-state index contributed by atoms with van der Waals surface area (Å²) in [7, 11) is -2.15. The zero-order valence-corrected chi connectivity index (χ0v) is 25.1. The molecule has 0 radical (unpaired) electrons. The molecule has 2 aliphatic rings. The lowest BCUT2D eigenvalue weighted by Crippen LogP contribution is -2.56. The van der Waals surface area contributed by atoms with Gasteiger partial charge in [0.25, 0.3) is 0 Å². The largest absolute Gasteiger partial charge is 0.464 e. The van der Waals surface area contributed by atoms with Crippen molar-refractivity contribution in [1.29, 1.82) is 5.41 Å². The summed E-state index contributed by atoms with van der Waals surface area (Å²) < 4.78 is 35.2. The molecule has 2 atom stereocenters. The zero-order valence-electron chi connectivity index (χ0n) is 23.4. The van der Waals surface area contributed by atoms with Gasteiger partial charge in [0.2, 0.25) is 15.9 Å². The normalized spacial score (nSPS) is 18.0. The van der Waals surface area contributed by atoms with Crippen LogP contribution in [0.25, 0.3) is 0 Å². The molecule has 1 amide bonds. The highest BCUT2D eigenvalue weighted by Gasteiger charge is 2.38. The number of ether oxygens (including phenoxy) is 1. The maximum absolute atomic E-state index is 14.0. The quantitative estimate of drug-likeness (QED) is 0.169. The number of nitrogens with two attached hydrogens (primary N) is 1. The maximum atomic E-state index is 14.0. The standard InChI is InChI=1S/C28H36N6O5S.ClH/c1-4-39-28(36)25-13-18(2)8-12-34(25)27(35)24(15-19-7-10-31-23(14-19)26(29)30)32-40(37,38)22-6-5-20-9-11-33(3)17-21(20)16-22;/h5-8,10,14,16,24-25,32H,4,9,11-13,15,17H2,1-3H3,(H3,29,30);1H/t24-,25+;/m0./s1. The molecule has 0 aliphatic carbocycles. The lowest BCUT2D eigenvalue weighted by atomic mass is 9.98. The summed E-state index contributed by atoms with van der Waals surface area (Å²) in [5.74, 6) is -1.33. The van der Waals surface area contributed by atoms with Gasteiger partial charge in [0.15, 0.2) is 0 Å². The molecule has 0 spiro atoms. The van der Waals surface area contributed by atoms with Crippen LogP contribution < -0.4 is 10.5 Å². The van der Waals surface area contributed by atoms with Crippen LogP contribution in [0.4, 0.5) is 0 Å². The van der Waals surface area contributed by atoms with Crippen LogP contribution in [-0.2, 0) is 43.7 Å². The van der Waals surface area contributed by atoms with Crippen molar-refractivity contribution in [3.63, 3.8) is 0 Å². The third-order valence-electron chi connectivity index (χ3n) is 7.20. The Bertz CT molecular complexity index is 1450. The second-order valence-electron chi connectivity index (χ2n) is 10.3. The molecule has 3 heterocycles. The van der Waals surface area contributed by atoms with Gasteiger partial charge in [-0.3, -0.25) is 15.2 Å². The zero-order chi connectivity index (χ0) is 29.0. The van der Waals surface area contributed by atoms with E-state index in [0.29, 0.717) is 18.5 Å². The first-order chi connectivity index (χ1) is 19.0. The van der Waals surface area contributed by atoms with Gasteiger partial charge in [-0.1, -0.05) is 17.7 Å². The van der Waals surface area contributed by atoms with E-state index in [1.165, 1.54) is 11.1 Å². The molecule has 0 fully saturated rings. The molecule has 0 unspecified atom stereocenters. The molecule has 0 bridgehead atoms. The summed E-state index contributed by atoms with van der Waals surface area (Å²) in [4.78, 5) is 34.4. The van der Waals surface area contributed by atoms with E-state index in [9.17, 15) is 18.0 Å². The Kier molecular flexibility index (Phi) is 10.6. The number of hydrogen-bond donors (Lipinski definition) is 3. The number of benzene rings is 1. The number of carbonyl (C=O) groups is 2. The number of sulfonamides is 1. The average Bonchev–Trinajstić information content (AvgIpc) is 2.92. The topological polar surface area (TPSA) is 159 Å². The highest BCUT2D eigenvalue weighted by molar-refractivity contribution is 7.89. The van der Waals surface area contributed by atoms with Gasteiger partial charge in [0, 0.05) is 25.8 Å². The number of carbonyl (C=O) groups excluding carboxylic acids is 2. The molecular formula is C28H37ClN6O5S. The lowest BCUT2D eigenvalue weighted by Gasteiger charge is -2.35. The highest BCUT2D eigenvalue weighted by atomic mass is 35.5. The van der Waals surface area contributed by atoms with Crippen molar-refractivity contribution < 1.29 is 22.7 Å². The smallest absolute Gasteiger partial charge is 0.329 e. The van der Waals surface area contributed by atoms with E-state index >= 15 is 0 Å². The van der Waals surface area contributed by atoms with Crippen LogP contribution in [0.1, 0.15) is 42.7 Å². The van der Waals surface area contributed by atoms with Crippen LogP contribution in [0.2, 0.25) is 0 Å². The van der Waals surface area contributed by atoms with E-state index in [1.54, 1.807) is 31.2 Å². The number of amides is 1. The van der Waals surface area contributed by atoms with Crippen molar-refractivity contribution in [3.05, 3.63) is 70.6 Å². The first kappa shape index (κ1) is 32.2. The Hall–Kier alpha value is -3.32. The van der Waals surface area contributed by atoms with Gasteiger partial charge in [0.05, 0.1) is 11.5 Å². The molecular weight excluding hydrogens is 568 g/mol. The number of aromatic nitrogens is 1. The van der Waals surface area contributed by atoms with Crippen LogP contribution >= 0.6 is 12.4 Å². The molecule has 1 aromatic heterocycles. The number of nitrogens with zero attached hydrogens (tertiary/aromatic N) is 3. The summed E-state index contributed by atoms with van der Waals surface area (Å²) in [6, 6.07) is 6.12. The molecule has 11 nitrogen and oxygen atoms in total. The Morgan fingerprint density at radius 2 is 2.00 bits per heavy atom. The number of nitrogens with one attached hydrogen (secondary N) is 2. The minimum absolute atomic E-state index is 0. The summed E-state index contributed by atoms with van der Waals surface area (Å²) in [6.07, 6.45) is 4.39. The van der Waals surface area contributed by atoms with E-state index in [1.807, 2.05) is 26.1 Å². The number of amidine groups is 1. The van der Waals surface area contributed by atoms with E-state index in [-0.39, 0.29) is 48.4 Å². The molecule has 2 aromatic rings. The molecule has 13 heteroatoms. The van der Waals surface area contributed by atoms with Gasteiger partial charge in [0.1, 0.15) is 23.6 Å². The van der Waals surface area contributed by atoms with Gasteiger partial charge >= 0.3 is 5.97 Å². The summed E-state index contributed by atoms with van der Waals surface area (Å²) in [5.41, 5.74) is 9.35. The van der Waals surface area contributed by atoms with Gasteiger partial charge in [-0.25, -0.2) is 13.2 Å². The maximum Gasteiger partial charge on any atom is 0.329 e. The second kappa shape index (κ2) is 13.6. The Morgan fingerprint density at radius 3 is 2.71 bits per heavy atom. The predicted molar refractivity (Wildman–Crippen MR) is 157 cm³/mol. The van der Waals surface area contributed by atoms with Gasteiger partial charge in [-0.2, -0.15) is 4.72 Å². The molecule has 4 N–H and O–H groups in total. The fourth-order valence-electron chi connectivity index (χ4n) is 5.03. The summed E-state index contributed by atoms with van der Waals surface area (Å²) in [6.45, 7) is 5.40. The van der Waals surface area contributed by atoms with Crippen molar-refractivity contribution in [3.8, 4) is 0 Å². The highest BCUT2D eigenvalue weighted by Crippen LogP contribution is 2.24. The fourth-order valence-corrected chi connectivity index (χ4v) is 6.27. The number of hydrogen-bond acceptors (Lipinski definition) is 8. The molecule has 4 rings (SSSR count). The average molecular weight is 605 g/mol. The third-order valence-corrected chi connectivity index (χ3v) is 8.67. The summed E-state index contributed by atoms with van der Waals surface area (Å²) >= 11 is 0. The van der Waals surface area contributed by atoms with E-state index in [2.05, 4.69) is 14.6 Å². The molecule has 1 aromatic carbocycles. The monoisotopic (exact) mass is 604 g/mol. The number of pyridine rings is 1. The van der Waals surface area contributed by atoms with E-state index in [4.69, 9.17) is 15.9 Å². The molecule has 2 aliphatic heterocycles. The van der Waals surface area contributed by atoms with Gasteiger partial charge in [-0.05, 0) is 81.1 Å². The molecule has 0 saturated carbocycles.